The van der Waals surface area contributed by atoms with Crippen molar-refractivity contribution >= 4 is 40.5 Å². The normalized spacial score (nSPS) is 19.8. The van der Waals surface area contributed by atoms with Gasteiger partial charge in [-0.3, -0.25) is 9.69 Å². The number of anilines is 3. The van der Waals surface area contributed by atoms with E-state index in [1.165, 1.54) is 4.90 Å². The quantitative estimate of drug-likeness (QED) is 0.429. The molecule has 0 radical (unpaired) electrons. The van der Waals surface area contributed by atoms with Crippen molar-refractivity contribution in [1.29, 1.82) is 0 Å². The van der Waals surface area contributed by atoms with Crippen LogP contribution in [0.2, 0.25) is 0 Å². The number of rotatable bonds is 8. The lowest BCUT2D eigenvalue weighted by molar-refractivity contribution is -0.000392. The molecule has 202 valence electrons. The number of carbonyl (C=O) groups is 2. The first-order valence-electron chi connectivity index (χ1n) is 13.3. The predicted octanol–water partition coefficient (Wildman–Crippen LogP) is 3.95. The Hall–Kier alpha value is -3.73. The molecule has 0 aliphatic carbocycles. The van der Waals surface area contributed by atoms with Gasteiger partial charge in [-0.25, -0.2) is 14.8 Å². The molecule has 3 aromatic rings. The molecule has 2 amide bonds. The van der Waals surface area contributed by atoms with Crippen molar-refractivity contribution < 1.29 is 14.3 Å². The Kier molecular flexibility index (Phi) is 7.20. The third-order valence-corrected chi connectivity index (χ3v) is 7.22. The molecule has 0 saturated carbocycles. The van der Waals surface area contributed by atoms with Crippen molar-refractivity contribution in [3.05, 3.63) is 35.8 Å². The first-order chi connectivity index (χ1) is 18.3. The summed E-state index contributed by atoms with van der Waals surface area (Å²) in [4.78, 5) is 47.7. The van der Waals surface area contributed by atoms with E-state index in [4.69, 9.17) is 9.72 Å². The zero-order valence-electron chi connectivity index (χ0n) is 22.6. The molecular weight excluding hydrogens is 484 g/mol. The van der Waals surface area contributed by atoms with Gasteiger partial charge in [0.1, 0.15) is 22.8 Å². The number of aromatic nitrogens is 4. The minimum absolute atomic E-state index is 0.114. The third kappa shape index (κ3) is 5.28. The molecule has 1 unspecified atom stereocenters. The summed E-state index contributed by atoms with van der Waals surface area (Å²) in [6.45, 7) is 4.44. The fourth-order valence-electron chi connectivity index (χ4n) is 5.31. The lowest BCUT2D eigenvalue weighted by Gasteiger charge is -2.36. The van der Waals surface area contributed by atoms with E-state index in [-0.39, 0.29) is 12.0 Å². The largest absolute Gasteiger partial charge is 0.439 e. The van der Waals surface area contributed by atoms with Crippen molar-refractivity contribution in [2.24, 2.45) is 0 Å². The molecule has 11 heteroatoms. The third-order valence-electron chi connectivity index (χ3n) is 7.22. The summed E-state index contributed by atoms with van der Waals surface area (Å²) in [6.07, 6.45) is 7.21. The van der Waals surface area contributed by atoms with Crippen molar-refractivity contribution in [3.8, 4) is 0 Å². The van der Waals surface area contributed by atoms with Gasteiger partial charge in [0.25, 0.3) is 5.91 Å². The number of likely N-dealkylation sites (N-methyl/N-ethyl adjacent to an activating group) is 1. The Bertz CT molecular complexity index is 1320. The zero-order chi connectivity index (χ0) is 26.9. The lowest BCUT2D eigenvalue weighted by atomic mass is 9.93. The fraction of sp³-hybridized carbons (Fsp3) is 0.519. The van der Waals surface area contributed by atoms with E-state index in [9.17, 15) is 9.59 Å². The number of fused-ring (bicyclic) bond motifs is 1. The number of pyridine rings is 1. The fourth-order valence-corrected chi connectivity index (χ4v) is 5.31. The minimum Gasteiger partial charge on any atom is -0.439 e. The van der Waals surface area contributed by atoms with Crippen LogP contribution in [0.4, 0.5) is 22.2 Å². The molecule has 3 aromatic heterocycles. The smallest absolute Gasteiger partial charge is 0.415 e. The summed E-state index contributed by atoms with van der Waals surface area (Å²) in [5, 5.41) is 4.05. The van der Waals surface area contributed by atoms with Crippen LogP contribution in [0.1, 0.15) is 55.2 Å². The van der Waals surface area contributed by atoms with Gasteiger partial charge < -0.3 is 24.8 Å². The average molecular weight is 521 g/mol. The Labute approximate surface area is 222 Å². The van der Waals surface area contributed by atoms with E-state index in [2.05, 4.69) is 39.1 Å². The van der Waals surface area contributed by atoms with E-state index in [0.717, 1.165) is 62.7 Å². The van der Waals surface area contributed by atoms with Crippen LogP contribution in [0.3, 0.4) is 0 Å². The number of piperidine rings is 1. The maximum atomic E-state index is 12.7. The molecule has 2 aliphatic rings. The van der Waals surface area contributed by atoms with E-state index in [1.54, 1.807) is 31.3 Å². The number of aromatic amines is 1. The van der Waals surface area contributed by atoms with Crippen LogP contribution in [-0.2, 0) is 11.2 Å². The van der Waals surface area contributed by atoms with Gasteiger partial charge in [0.15, 0.2) is 0 Å². The Morgan fingerprint density at radius 3 is 2.79 bits per heavy atom. The molecule has 1 atom stereocenters. The monoisotopic (exact) mass is 520 g/mol. The Morgan fingerprint density at radius 1 is 1.24 bits per heavy atom. The van der Waals surface area contributed by atoms with E-state index >= 15 is 0 Å². The van der Waals surface area contributed by atoms with Crippen LogP contribution < -0.4 is 10.2 Å². The number of hydrogen-bond acceptors (Lipinski definition) is 8. The number of hydrogen-bond donors (Lipinski definition) is 2. The van der Waals surface area contributed by atoms with Gasteiger partial charge in [0.05, 0.1) is 24.1 Å². The van der Waals surface area contributed by atoms with Crippen LogP contribution in [-0.4, -0.2) is 88.1 Å². The maximum Gasteiger partial charge on any atom is 0.415 e. The van der Waals surface area contributed by atoms with Crippen molar-refractivity contribution in [3.63, 3.8) is 0 Å². The number of nitrogens with zero attached hydrogens (tertiary/aromatic N) is 6. The molecule has 2 saturated heterocycles. The number of H-pyrrole nitrogens is 1. The van der Waals surface area contributed by atoms with Crippen molar-refractivity contribution in [2.75, 3.05) is 51.0 Å². The molecule has 38 heavy (non-hydrogen) atoms. The first-order valence-corrected chi connectivity index (χ1v) is 13.3. The topological polar surface area (TPSA) is 120 Å². The van der Waals surface area contributed by atoms with E-state index in [1.807, 2.05) is 12.1 Å². The van der Waals surface area contributed by atoms with Gasteiger partial charge in [-0.05, 0) is 57.5 Å². The number of aryl methyl sites for hydroxylation is 1. The molecule has 5 heterocycles. The predicted molar refractivity (Wildman–Crippen MR) is 146 cm³/mol. The highest BCUT2D eigenvalue weighted by molar-refractivity contribution is 5.97. The van der Waals surface area contributed by atoms with Crippen molar-refractivity contribution in [1.82, 2.24) is 29.7 Å². The standard InChI is InChI=1S/C27H36N8O3/c1-5-6-7-9-20-19-14-21(24(36)33(2)3)29-23(19)32-25(30-20)31-22-11-10-18(15-28-22)35-17-27(38-26(35)37)12-8-13-34(4)16-27/h10-11,14-15H,5-9,12-13,16-17H2,1-4H3,(H2,28,29,30,31,32). The van der Waals surface area contributed by atoms with Gasteiger partial charge >= 0.3 is 6.09 Å². The second-order valence-electron chi connectivity index (χ2n) is 10.6. The first kappa shape index (κ1) is 25.9. The Balaban J connectivity index is 1.35. The van der Waals surface area contributed by atoms with Crippen LogP contribution in [0, 0.1) is 0 Å². The molecule has 11 nitrogen and oxygen atoms in total. The minimum atomic E-state index is -0.457. The summed E-state index contributed by atoms with van der Waals surface area (Å²) in [5.41, 5.74) is 2.22. The number of carbonyl (C=O) groups excluding carboxylic acids is 2. The number of ether oxygens (including phenoxy) is 1. The molecule has 2 N–H and O–H groups in total. The molecule has 0 aromatic carbocycles. The highest BCUT2D eigenvalue weighted by Gasteiger charge is 2.47. The number of nitrogens with one attached hydrogen (secondary N) is 2. The van der Waals surface area contributed by atoms with E-state index < -0.39 is 5.60 Å². The van der Waals surface area contributed by atoms with Gasteiger partial charge in [-0.2, -0.15) is 4.98 Å². The molecule has 5 rings (SSSR count). The second-order valence-corrected chi connectivity index (χ2v) is 10.6. The SMILES string of the molecule is CCCCCc1nc(Nc2ccc(N3CC4(CCCN(C)C4)OC3=O)cn2)nc2[nH]c(C(=O)N(C)C)cc12. The summed E-state index contributed by atoms with van der Waals surface area (Å²) >= 11 is 0. The van der Waals surface area contributed by atoms with Crippen molar-refractivity contribution in [2.45, 2.75) is 51.0 Å². The summed E-state index contributed by atoms with van der Waals surface area (Å²) < 4.78 is 5.83. The van der Waals surface area contributed by atoms with Gasteiger partial charge in [-0.15, -0.1) is 0 Å². The highest BCUT2D eigenvalue weighted by Crippen LogP contribution is 2.34. The molecule has 2 fully saturated rings. The summed E-state index contributed by atoms with van der Waals surface area (Å²) in [7, 11) is 5.50. The number of amides is 2. The molecular formula is C27H36N8O3. The lowest BCUT2D eigenvalue weighted by Crippen LogP contribution is -2.49. The highest BCUT2D eigenvalue weighted by atomic mass is 16.6. The van der Waals surface area contributed by atoms with Crippen LogP contribution in [0.25, 0.3) is 11.0 Å². The summed E-state index contributed by atoms with van der Waals surface area (Å²) in [5.74, 6) is 0.847. The number of unbranched alkanes of at least 4 members (excludes halogenated alkanes) is 2. The molecule has 0 bridgehead atoms. The maximum absolute atomic E-state index is 12.7. The molecule has 1 spiro atoms. The van der Waals surface area contributed by atoms with Gasteiger partial charge in [0.2, 0.25) is 5.95 Å². The van der Waals surface area contributed by atoms with Crippen LogP contribution in [0.5, 0.6) is 0 Å². The average Bonchev–Trinajstić information content (AvgIpc) is 3.45. The number of likely N-dealkylation sites (tertiary alicyclic amines) is 1. The van der Waals surface area contributed by atoms with Crippen LogP contribution in [0.15, 0.2) is 24.4 Å². The van der Waals surface area contributed by atoms with E-state index in [0.29, 0.717) is 35.3 Å². The summed E-state index contributed by atoms with van der Waals surface area (Å²) in [6, 6.07) is 5.49. The van der Waals surface area contributed by atoms with Gasteiger partial charge in [0, 0.05) is 26.0 Å². The second kappa shape index (κ2) is 10.6. The molecule has 2 aliphatic heterocycles. The Morgan fingerprint density at radius 2 is 2.08 bits per heavy atom. The van der Waals surface area contributed by atoms with Crippen LogP contribution >= 0.6 is 0 Å². The zero-order valence-corrected chi connectivity index (χ0v) is 22.6. The van der Waals surface area contributed by atoms with Gasteiger partial charge in [-0.1, -0.05) is 19.8 Å².